The fraction of sp³-hybridized carbons (Fsp3) is 0.545. The van der Waals surface area contributed by atoms with Gasteiger partial charge in [0.2, 0.25) is 0 Å². The number of aryl methyl sites for hydroxylation is 1. The van der Waals surface area contributed by atoms with Gasteiger partial charge in [0.15, 0.2) is 0 Å². The third-order valence-corrected chi connectivity index (χ3v) is 8.14. The predicted molar refractivity (Wildman–Crippen MR) is 125 cm³/mol. The average Bonchev–Trinajstić information content (AvgIpc) is 3.34. The van der Waals surface area contributed by atoms with Crippen molar-refractivity contribution in [1.82, 2.24) is 9.78 Å². The standard InChI is InChI=1S/C22H28ClFN4O3S/c1-28-20(25)18(21(30)26-15-2-3-17(24)16(23)8-15)19(27-28)12-6-13-9-22(31,10-14(13)7-12)11-32-5-4-29/h2-3,8,12-14,29,31H,4-7,9-11,25H2,1H3,(H,26,30)/t12?,13-,14?,22?/m0/s1. The fourth-order valence-corrected chi connectivity index (χ4v) is 6.35. The summed E-state index contributed by atoms with van der Waals surface area (Å²) in [6.07, 6.45) is 3.14. The minimum Gasteiger partial charge on any atom is -0.396 e. The Balaban J connectivity index is 1.48. The van der Waals surface area contributed by atoms with E-state index < -0.39 is 17.3 Å². The molecule has 7 nitrogen and oxygen atoms in total. The van der Waals surface area contributed by atoms with Gasteiger partial charge in [-0.05, 0) is 55.7 Å². The number of nitrogen functional groups attached to an aromatic ring is 1. The van der Waals surface area contributed by atoms with Gasteiger partial charge in [-0.15, -0.1) is 0 Å². The number of aliphatic hydroxyl groups excluding tert-OH is 1. The average molecular weight is 483 g/mol. The van der Waals surface area contributed by atoms with Crippen LogP contribution in [0.15, 0.2) is 18.2 Å². The van der Waals surface area contributed by atoms with Crippen molar-refractivity contribution in [2.75, 3.05) is 29.2 Å². The third-order valence-electron chi connectivity index (χ3n) is 6.64. The number of anilines is 2. The molecular weight excluding hydrogens is 455 g/mol. The first-order chi connectivity index (χ1) is 15.2. The van der Waals surface area contributed by atoms with Gasteiger partial charge in [0, 0.05) is 30.2 Å². The number of aliphatic hydroxyl groups is 2. The molecule has 0 aliphatic heterocycles. The van der Waals surface area contributed by atoms with E-state index >= 15 is 0 Å². The van der Waals surface area contributed by atoms with Crippen molar-refractivity contribution in [3.63, 3.8) is 0 Å². The molecule has 0 spiro atoms. The smallest absolute Gasteiger partial charge is 0.261 e. The normalized spacial score (nSPS) is 27.0. The summed E-state index contributed by atoms with van der Waals surface area (Å²) in [6.45, 7) is 0.117. The van der Waals surface area contributed by atoms with E-state index in [1.807, 2.05) is 0 Å². The highest BCUT2D eigenvalue weighted by molar-refractivity contribution is 7.99. The lowest BCUT2D eigenvalue weighted by Gasteiger charge is -2.24. The van der Waals surface area contributed by atoms with Crippen LogP contribution >= 0.6 is 23.4 Å². The molecule has 2 saturated carbocycles. The summed E-state index contributed by atoms with van der Waals surface area (Å²) >= 11 is 7.41. The summed E-state index contributed by atoms with van der Waals surface area (Å²) in [4.78, 5) is 13.1. The van der Waals surface area contributed by atoms with E-state index in [2.05, 4.69) is 10.4 Å². The third kappa shape index (κ3) is 4.62. The molecule has 0 bridgehead atoms. The Hall–Kier alpha value is -1.81. The molecule has 2 aliphatic carbocycles. The zero-order valence-electron chi connectivity index (χ0n) is 17.9. The number of rotatable bonds is 7. The zero-order chi connectivity index (χ0) is 23.0. The van der Waals surface area contributed by atoms with Gasteiger partial charge in [-0.2, -0.15) is 16.9 Å². The minimum absolute atomic E-state index is 0.0737. The number of fused-ring (bicyclic) bond motifs is 1. The maximum atomic E-state index is 13.4. The highest BCUT2D eigenvalue weighted by Crippen LogP contribution is 2.54. The zero-order valence-corrected chi connectivity index (χ0v) is 19.4. The van der Waals surface area contributed by atoms with Crippen LogP contribution in [0.4, 0.5) is 15.9 Å². The Morgan fingerprint density at radius 2 is 2.09 bits per heavy atom. The van der Waals surface area contributed by atoms with E-state index in [1.165, 1.54) is 22.9 Å². The number of carbonyl (C=O) groups excluding carboxylic acids is 1. The second-order valence-corrected chi connectivity index (χ2v) is 10.5. The summed E-state index contributed by atoms with van der Waals surface area (Å²) in [5, 5.41) is 27.2. The van der Waals surface area contributed by atoms with Crippen molar-refractivity contribution >= 4 is 40.8 Å². The molecule has 0 radical (unpaired) electrons. The SMILES string of the molecule is Cn1nc(C2CC3CC(O)(CSCCO)C[C@@H]3C2)c(C(=O)Nc2ccc(F)c(Cl)c2)c1N. The molecule has 174 valence electrons. The first-order valence-electron chi connectivity index (χ1n) is 10.7. The van der Waals surface area contributed by atoms with Gasteiger partial charge in [-0.1, -0.05) is 11.6 Å². The number of thioether (sulfide) groups is 1. The number of nitrogens with zero attached hydrogens (tertiary/aromatic N) is 2. The monoisotopic (exact) mass is 482 g/mol. The van der Waals surface area contributed by atoms with Gasteiger partial charge in [0.05, 0.1) is 22.9 Å². The fourth-order valence-electron chi connectivity index (χ4n) is 5.28. The van der Waals surface area contributed by atoms with Crippen LogP contribution in [-0.2, 0) is 7.05 Å². The van der Waals surface area contributed by atoms with E-state index in [1.54, 1.807) is 18.8 Å². The van der Waals surface area contributed by atoms with Crippen LogP contribution in [0.5, 0.6) is 0 Å². The topological polar surface area (TPSA) is 113 Å². The molecule has 4 rings (SSSR count). The van der Waals surface area contributed by atoms with E-state index in [0.29, 0.717) is 40.3 Å². The summed E-state index contributed by atoms with van der Waals surface area (Å²) < 4.78 is 15.0. The van der Waals surface area contributed by atoms with Gasteiger partial charge < -0.3 is 21.3 Å². The number of halogens is 2. The number of hydrogen-bond acceptors (Lipinski definition) is 6. The Bertz CT molecular complexity index is 1000. The Kier molecular flexibility index (Phi) is 6.72. The van der Waals surface area contributed by atoms with Gasteiger partial charge in [-0.3, -0.25) is 9.48 Å². The van der Waals surface area contributed by atoms with Crippen LogP contribution in [0.3, 0.4) is 0 Å². The number of nitrogens with two attached hydrogens (primary N) is 1. The molecule has 2 aliphatic rings. The maximum Gasteiger partial charge on any atom is 0.261 e. The first-order valence-corrected chi connectivity index (χ1v) is 12.2. The maximum absolute atomic E-state index is 13.4. The van der Waals surface area contributed by atoms with E-state index in [0.717, 1.165) is 25.7 Å². The summed E-state index contributed by atoms with van der Waals surface area (Å²) in [5.41, 5.74) is 6.90. The molecule has 4 atom stereocenters. The van der Waals surface area contributed by atoms with Gasteiger partial charge >= 0.3 is 0 Å². The lowest BCUT2D eigenvalue weighted by atomic mass is 9.92. The lowest BCUT2D eigenvalue weighted by molar-refractivity contribution is 0.0629. The Morgan fingerprint density at radius 1 is 1.41 bits per heavy atom. The highest BCUT2D eigenvalue weighted by atomic mass is 35.5. The van der Waals surface area contributed by atoms with Crippen molar-refractivity contribution in [3.8, 4) is 0 Å². The number of aromatic nitrogens is 2. The quantitative estimate of drug-likeness (QED) is 0.450. The van der Waals surface area contributed by atoms with Crippen molar-refractivity contribution in [3.05, 3.63) is 40.3 Å². The van der Waals surface area contributed by atoms with Crippen LogP contribution in [0, 0.1) is 17.7 Å². The first kappa shape index (κ1) is 23.4. The molecule has 1 aromatic carbocycles. The largest absolute Gasteiger partial charge is 0.396 e. The van der Waals surface area contributed by atoms with Crippen LogP contribution < -0.4 is 11.1 Å². The number of hydrogen-bond donors (Lipinski definition) is 4. The second-order valence-electron chi connectivity index (χ2n) is 8.95. The predicted octanol–water partition coefficient (Wildman–Crippen LogP) is 3.41. The summed E-state index contributed by atoms with van der Waals surface area (Å²) in [7, 11) is 1.71. The number of benzene rings is 1. The minimum atomic E-state index is -0.689. The Morgan fingerprint density at radius 3 is 2.72 bits per heavy atom. The molecule has 2 fully saturated rings. The van der Waals surface area contributed by atoms with Crippen molar-refractivity contribution in [1.29, 1.82) is 0 Å². The number of carbonyl (C=O) groups is 1. The van der Waals surface area contributed by atoms with E-state index in [4.69, 9.17) is 22.4 Å². The Labute approximate surface area is 195 Å². The second kappa shape index (κ2) is 9.21. The van der Waals surface area contributed by atoms with Crippen LogP contribution in [-0.4, -0.2) is 49.6 Å². The molecule has 1 heterocycles. The van der Waals surface area contributed by atoms with E-state index in [9.17, 15) is 14.3 Å². The molecule has 3 unspecified atom stereocenters. The van der Waals surface area contributed by atoms with Gasteiger partial charge in [0.1, 0.15) is 17.2 Å². The molecule has 5 N–H and O–H groups in total. The summed E-state index contributed by atoms with van der Waals surface area (Å²) in [6, 6.07) is 4.00. The van der Waals surface area contributed by atoms with Crippen LogP contribution in [0.1, 0.15) is 47.7 Å². The van der Waals surface area contributed by atoms with Crippen LogP contribution in [0.2, 0.25) is 5.02 Å². The van der Waals surface area contributed by atoms with Crippen molar-refractivity contribution < 1.29 is 19.4 Å². The molecule has 1 amide bonds. The number of amides is 1. The van der Waals surface area contributed by atoms with Gasteiger partial charge in [-0.25, -0.2) is 4.39 Å². The lowest BCUT2D eigenvalue weighted by Crippen LogP contribution is -2.29. The molecule has 0 saturated heterocycles. The molecule has 32 heavy (non-hydrogen) atoms. The van der Waals surface area contributed by atoms with Crippen LogP contribution in [0.25, 0.3) is 0 Å². The number of nitrogens with one attached hydrogen (secondary N) is 1. The molecule has 1 aromatic heterocycles. The molecule has 10 heteroatoms. The highest BCUT2D eigenvalue weighted by Gasteiger charge is 2.49. The van der Waals surface area contributed by atoms with Crippen molar-refractivity contribution in [2.45, 2.75) is 37.2 Å². The van der Waals surface area contributed by atoms with Gasteiger partial charge in [0.25, 0.3) is 5.91 Å². The summed E-state index contributed by atoms with van der Waals surface area (Å²) in [5.74, 6) is 1.41. The van der Waals surface area contributed by atoms with Crippen molar-refractivity contribution in [2.24, 2.45) is 18.9 Å². The molecule has 2 aromatic rings. The molecular formula is C22H28ClFN4O3S. The van der Waals surface area contributed by atoms with E-state index in [-0.39, 0.29) is 23.4 Å².